The summed E-state index contributed by atoms with van der Waals surface area (Å²) in [5.74, 6) is -7.58. The number of aromatic nitrogens is 1. The van der Waals surface area contributed by atoms with Crippen LogP contribution >= 0.6 is 11.6 Å². The third-order valence-electron chi connectivity index (χ3n) is 7.82. The largest absolute Gasteiger partial charge is 0.497 e. The number of nitrogens with one attached hydrogen (secondary N) is 2. The highest BCUT2D eigenvalue weighted by molar-refractivity contribution is 6.30. The van der Waals surface area contributed by atoms with Gasteiger partial charge in [0.25, 0.3) is 11.5 Å². The van der Waals surface area contributed by atoms with Crippen LogP contribution in [0.4, 0.5) is 13.2 Å². The van der Waals surface area contributed by atoms with Gasteiger partial charge in [-0.2, -0.15) is 13.2 Å². The van der Waals surface area contributed by atoms with Gasteiger partial charge in [-0.25, -0.2) is 0 Å². The van der Waals surface area contributed by atoms with E-state index in [9.17, 15) is 41.9 Å². The van der Waals surface area contributed by atoms with E-state index < -0.39 is 83.6 Å². The van der Waals surface area contributed by atoms with Crippen molar-refractivity contribution in [1.29, 1.82) is 0 Å². The van der Waals surface area contributed by atoms with Crippen LogP contribution in [-0.2, 0) is 36.9 Å². The summed E-state index contributed by atoms with van der Waals surface area (Å²) < 4.78 is 51.8. The molecule has 15 heteroatoms. The molecule has 0 bridgehead atoms. The van der Waals surface area contributed by atoms with E-state index >= 15 is 0 Å². The zero-order chi connectivity index (χ0) is 39.0. The predicted molar refractivity (Wildman–Crippen MR) is 186 cm³/mol. The van der Waals surface area contributed by atoms with Crippen molar-refractivity contribution in [2.75, 3.05) is 7.11 Å². The molecule has 0 radical (unpaired) electrons. The smallest absolute Gasteiger partial charge is 0.450 e. The molecular weight excluding hydrogens is 707 g/mol. The molecule has 0 unspecified atom stereocenters. The Kier molecular flexibility index (Phi) is 13.9. The number of carbonyl (C=O) groups is 5. The number of nitrogens with zero attached hydrogens (tertiary/aromatic N) is 1. The first-order valence-corrected chi connectivity index (χ1v) is 16.6. The van der Waals surface area contributed by atoms with Gasteiger partial charge in [-0.3, -0.25) is 28.8 Å². The molecule has 3 rings (SSSR count). The summed E-state index contributed by atoms with van der Waals surface area (Å²) in [6.45, 7) is 7.23. The number of pyridine rings is 1. The number of ketones is 2. The first-order chi connectivity index (χ1) is 24.2. The summed E-state index contributed by atoms with van der Waals surface area (Å²) in [4.78, 5) is 78.5. The SMILES string of the molecule is COc1ccc([C@H](NC(=O)[C@H](Cc2cccc(Cl)c2)NC(=O)c2ccc(=O)n(CC(=O)OC(C)(C)C)c2)C(=O)C[C@H](C(=O)C(F)(F)F)C(C)C)cc1. The normalized spacial score (nSPS) is 13.4. The molecule has 1 heterocycles. The summed E-state index contributed by atoms with van der Waals surface area (Å²) in [6, 6.07) is 11.6. The fraction of sp³-hybridized carbons (Fsp3) is 0.405. The lowest BCUT2D eigenvalue weighted by atomic mass is 9.84. The topological polar surface area (TPSA) is 150 Å². The number of hydrogen-bond acceptors (Lipinski definition) is 8. The van der Waals surface area contributed by atoms with E-state index in [2.05, 4.69) is 10.6 Å². The molecule has 1 aromatic heterocycles. The fourth-order valence-corrected chi connectivity index (χ4v) is 5.43. The summed E-state index contributed by atoms with van der Waals surface area (Å²) in [5.41, 5.74) is -0.833. The van der Waals surface area contributed by atoms with Crippen LogP contribution in [0.1, 0.15) is 68.6 Å². The maximum Gasteiger partial charge on any atom is 0.450 e. The number of hydrogen-bond donors (Lipinski definition) is 2. The molecule has 3 aromatic rings. The average Bonchev–Trinajstić information content (AvgIpc) is 3.04. The van der Waals surface area contributed by atoms with Crippen molar-refractivity contribution >= 4 is 41.0 Å². The molecule has 2 amide bonds. The van der Waals surface area contributed by atoms with Crippen LogP contribution in [0.25, 0.3) is 0 Å². The number of amides is 2. The Labute approximate surface area is 303 Å². The molecule has 0 aliphatic rings. The van der Waals surface area contributed by atoms with Gasteiger partial charge in [-0.1, -0.05) is 49.7 Å². The van der Waals surface area contributed by atoms with Crippen molar-refractivity contribution in [3.63, 3.8) is 0 Å². The van der Waals surface area contributed by atoms with Crippen molar-refractivity contribution in [2.45, 2.75) is 77.9 Å². The molecule has 0 saturated heterocycles. The van der Waals surface area contributed by atoms with E-state index in [0.29, 0.717) is 16.3 Å². The Hall–Kier alpha value is -4.98. The Morgan fingerprint density at radius 2 is 1.58 bits per heavy atom. The van der Waals surface area contributed by atoms with E-state index in [1.165, 1.54) is 51.3 Å². The quantitative estimate of drug-likeness (QED) is 0.196. The molecule has 0 fully saturated rings. The van der Waals surface area contributed by atoms with Gasteiger partial charge in [0.05, 0.1) is 12.7 Å². The van der Waals surface area contributed by atoms with Crippen molar-refractivity contribution in [2.24, 2.45) is 11.8 Å². The molecule has 2 N–H and O–H groups in total. The third kappa shape index (κ3) is 12.1. The van der Waals surface area contributed by atoms with Gasteiger partial charge in [0.15, 0.2) is 5.78 Å². The highest BCUT2D eigenvalue weighted by Crippen LogP contribution is 2.30. The molecule has 280 valence electrons. The number of rotatable bonds is 15. The van der Waals surface area contributed by atoms with E-state index in [4.69, 9.17) is 21.1 Å². The van der Waals surface area contributed by atoms with Crippen LogP contribution in [0.2, 0.25) is 5.02 Å². The van der Waals surface area contributed by atoms with Crippen LogP contribution in [0.3, 0.4) is 0 Å². The highest BCUT2D eigenvalue weighted by Gasteiger charge is 2.45. The number of carbonyl (C=O) groups excluding carboxylic acids is 5. The average molecular weight is 748 g/mol. The number of halogens is 4. The lowest BCUT2D eigenvalue weighted by molar-refractivity contribution is -0.177. The van der Waals surface area contributed by atoms with E-state index in [1.54, 1.807) is 45.0 Å². The number of ether oxygens (including phenoxy) is 2. The second-order valence-electron chi connectivity index (χ2n) is 13.4. The highest BCUT2D eigenvalue weighted by atomic mass is 35.5. The van der Waals surface area contributed by atoms with E-state index in [1.807, 2.05) is 0 Å². The lowest BCUT2D eigenvalue weighted by Gasteiger charge is -2.26. The molecule has 0 aliphatic heterocycles. The standard InChI is InChI=1S/C37H41ClF3N3O8/c1-21(2)27(33(48)37(39,40)41)18-29(45)32(23-10-13-26(51-6)14-11-23)43-35(50)28(17-22-8-7-9-25(38)16-22)42-34(49)24-12-15-30(46)44(19-24)20-31(47)52-36(3,4)5/h7-16,19,21,27-28,32H,17-18,20H2,1-6H3,(H,42,49)(H,43,50)/t27-,28-,32-/m0/s1. The summed E-state index contributed by atoms with van der Waals surface area (Å²) in [6.07, 6.45) is -5.04. The zero-order valence-electron chi connectivity index (χ0n) is 29.5. The van der Waals surface area contributed by atoms with Crippen molar-refractivity contribution in [3.05, 3.63) is 98.9 Å². The van der Waals surface area contributed by atoms with Gasteiger partial charge >= 0.3 is 12.1 Å². The number of esters is 1. The molecule has 3 atom stereocenters. The van der Waals surface area contributed by atoms with Crippen molar-refractivity contribution < 1.29 is 46.6 Å². The minimum absolute atomic E-state index is 0.0970. The first kappa shape index (κ1) is 41.4. The van der Waals surface area contributed by atoms with Crippen molar-refractivity contribution in [3.8, 4) is 5.75 Å². The minimum atomic E-state index is -5.18. The third-order valence-corrected chi connectivity index (χ3v) is 8.05. The monoisotopic (exact) mass is 747 g/mol. The maximum absolute atomic E-state index is 14.0. The molecular formula is C37H41ClF3N3O8. The molecule has 0 aliphatic carbocycles. The number of Topliss-reactive ketones (excluding diaryl/α,β-unsaturated/α-hetero) is 2. The lowest BCUT2D eigenvalue weighted by Crippen LogP contribution is -2.50. The minimum Gasteiger partial charge on any atom is -0.497 e. The summed E-state index contributed by atoms with van der Waals surface area (Å²) >= 11 is 6.16. The zero-order valence-corrected chi connectivity index (χ0v) is 30.3. The molecule has 11 nitrogen and oxygen atoms in total. The van der Waals surface area contributed by atoms with Gasteiger partial charge in [0.1, 0.15) is 30.0 Å². The van der Waals surface area contributed by atoms with Crippen LogP contribution in [0.5, 0.6) is 5.75 Å². The first-order valence-electron chi connectivity index (χ1n) is 16.2. The van der Waals surface area contributed by atoms with Crippen LogP contribution in [0.15, 0.2) is 71.7 Å². The van der Waals surface area contributed by atoms with E-state index in [0.717, 1.165) is 16.8 Å². The number of alkyl halides is 3. The van der Waals surface area contributed by atoms with Gasteiger partial charge in [0, 0.05) is 36.0 Å². The van der Waals surface area contributed by atoms with Gasteiger partial charge < -0.3 is 24.7 Å². The fourth-order valence-electron chi connectivity index (χ4n) is 5.22. The van der Waals surface area contributed by atoms with Gasteiger partial charge in [0.2, 0.25) is 11.7 Å². The van der Waals surface area contributed by atoms with Gasteiger partial charge in [-0.15, -0.1) is 0 Å². The number of methoxy groups -OCH3 is 1. The second-order valence-corrected chi connectivity index (χ2v) is 13.9. The Morgan fingerprint density at radius 1 is 0.923 bits per heavy atom. The Balaban J connectivity index is 1.99. The molecule has 0 saturated carbocycles. The number of benzene rings is 2. The maximum atomic E-state index is 14.0. The molecule has 52 heavy (non-hydrogen) atoms. The second kappa shape index (κ2) is 17.5. The van der Waals surface area contributed by atoms with Crippen LogP contribution in [-0.4, -0.2) is 58.8 Å². The molecule has 2 aromatic carbocycles. The Morgan fingerprint density at radius 3 is 2.13 bits per heavy atom. The molecule has 0 spiro atoms. The van der Waals surface area contributed by atoms with Gasteiger partial charge in [-0.05, 0) is 68.1 Å². The Bertz CT molecular complexity index is 1830. The van der Waals surface area contributed by atoms with Crippen molar-refractivity contribution in [1.82, 2.24) is 15.2 Å². The predicted octanol–water partition coefficient (Wildman–Crippen LogP) is 5.41. The van der Waals surface area contributed by atoms with Crippen LogP contribution in [0, 0.1) is 11.8 Å². The summed E-state index contributed by atoms with van der Waals surface area (Å²) in [5, 5.41) is 5.49. The van der Waals surface area contributed by atoms with Crippen LogP contribution < -0.4 is 20.9 Å². The van der Waals surface area contributed by atoms with E-state index in [-0.39, 0.29) is 17.5 Å². The summed E-state index contributed by atoms with van der Waals surface area (Å²) in [7, 11) is 1.40.